The molecule has 27 heavy (non-hydrogen) atoms. The van der Waals surface area contributed by atoms with Crippen LogP contribution in [0, 0.1) is 6.92 Å². The van der Waals surface area contributed by atoms with Gasteiger partial charge in [-0.05, 0) is 43.4 Å². The van der Waals surface area contributed by atoms with Crippen molar-refractivity contribution in [1.29, 1.82) is 0 Å². The van der Waals surface area contributed by atoms with Gasteiger partial charge in [-0.15, -0.1) is 0 Å². The zero-order chi connectivity index (χ0) is 19.6. The first-order valence-corrected chi connectivity index (χ1v) is 9.28. The molecule has 0 fully saturated rings. The lowest BCUT2D eigenvalue weighted by Crippen LogP contribution is -2.44. The largest absolute Gasteiger partial charge is 0.373 e. The molecule has 2 rings (SSSR count). The van der Waals surface area contributed by atoms with E-state index in [1.54, 1.807) is 0 Å². The van der Waals surface area contributed by atoms with Crippen LogP contribution in [0.1, 0.15) is 18.4 Å². The van der Waals surface area contributed by atoms with Gasteiger partial charge in [0.2, 0.25) is 5.91 Å². The van der Waals surface area contributed by atoms with Crippen molar-refractivity contribution in [2.75, 3.05) is 10.6 Å². The smallest absolute Gasteiger partial charge is 0.245 e. The zero-order valence-corrected chi connectivity index (χ0v) is 16.6. The molecule has 2 aromatic carbocycles. The Hall–Kier alpha value is -2.58. The van der Waals surface area contributed by atoms with Crippen LogP contribution in [0.5, 0.6) is 0 Å². The van der Waals surface area contributed by atoms with Crippen LogP contribution in [0.25, 0.3) is 0 Å². The highest BCUT2D eigenvalue weighted by Crippen LogP contribution is 2.12. The van der Waals surface area contributed by atoms with Gasteiger partial charge in [0.15, 0.2) is 5.11 Å². The monoisotopic (exact) mass is 402 g/mol. The van der Waals surface area contributed by atoms with Gasteiger partial charge in [0.1, 0.15) is 5.78 Å². The van der Waals surface area contributed by atoms with E-state index in [1.807, 2.05) is 61.5 Å². The fraction of sp³-hybridized carbons (Fsp3) is 0.211. The average Bonchev–Trinajstić information content (AvgIpc) is 2.62. The number of hydrogen-bond donors (Lipinski definition) is 5. The first kappa shape index (κ1) is 20.7. The summed E-state index contributed by atoms with van der Waals surface area (Å²) in [7, 11) is 0. The van der Waals surface area contributed by atoms with Crippen molar-refractivity contribution < 1.29 is 9.59 Å². The summed E-state index contributed by atoms with van der Waals surface area (Å²) in [5, 5.41) is 5.89. The van der Waals surface area contributed by atoms with Crippen LogP contribution in [0.2, 0.25) is 0 Å². The molecule has 1 atom stereocenters. The summed E-state index contributed by atoms with van der Waals surface area (Å²) in [4.78, 5) is 23.9. The number of ketones is 1. The Balaban J connectivity index is 1.67. The van der Waals surface area contributed by atoms with E-state index in [0.29, 0.717) is 0 Å². The number of thiol groups is 1. The third kappa shape index (κ3) is 8.10. The number of benzene rings is 2. The van der Waals surface area contributed by atoms with Crippen molar-refractivity contribution >= 4 is 53.0 Å². The lowest BCUT2D eigenvalue weighted by atomic mass is 10.2. The van der Waals surface area contributed by atoms with Gasteiger partial charge in [-0.2, -0.15) is 12.6 Å². The maximum absolute atomic E-state index is 12.0. The normalized spacial score (nSPS) is 11.2. The summed E-state index contributed by atoms with van der Waals surface area (Å²) in [5.41, 5.74) is 7.79. The van der Waals surface area contributed by atoms with Gasteiger partial charge in [-0.3, -0.25) is 20.4 Å². The molecule has 1 amide bonds. The van der Waals surface area contributed by atoms with E-state index in [2.05, 4.69) is 34.1 Å². The number of hydrazine groups is 1. The number of thiocarbonyl (C=S) groups is 1. The number of carbonyl (C=O) groups excluding carboxylic acids is 2. The van der Waals surface area contributed by atoms with Crippen molar-refractivity contribution in [2.45, 2.75) is 25.1 Å². The third-order valence-corrected chi connectivity index (χ3v) is 4.03. The Morgan fingerprint density at radius 3 is 2.33 bits per heavy atom. The van der Waals surface area contributed by atoms with Gasteiger partial charge in [0.25, 0.3) is 0 Å². The first-order valence-electron chi connectivity index (χ1n) is 8.36. The predicted molar refractivity (Wildman–Crippen MR) is 116 cm³/mol. The molecule has 0 radical (unpaired) electrons. The molecule has 0 saturated carbocycles. The van der Waals surface area contributed by atoms with E-state index in [-0.39, 0.29) is 29.1 Å². The molecule has 2 aromatic rings. The Morgan fingerprint density at radius 1 is 1.00 bits per heavy atom. The molecule has 4 N–H and O–H groups in total. The zero-order valence-electron chi connectivity index (χ0n) is 14.9. The van der Waals surface area contributed by atoms with Crippen LogP contribution >= 0.6 is 24.8 Å². The molecule has 8 heteroatoms. The van der Waals surface area contributed by atoms with Crippen LogP contribution in [-0.4, -0.2) is 22.2 Å². The molecule has 0 aliphatic carbocycles. The summed E-state index contributed by atoms with van der Waals surface area (Å²) in [6, 6.07) is 17.1. The molecule has 0 aromatic heterocycles. The molecule has 0 heterocycles. The third-order valence-electron chi connectivity index (χ3n) is 3.51. The molecule has 0 aliphatic heterocycles. The number of para-hydroxylation sites is 1. The summed E-state index contributed by atoms with van der Waals surface area (Å²) in [6.45, 7) is 1.99. The highest BCUT2D eigenvalue weighted by atomic mass is 32.1. The number of anilines is 2. The van der Waals surface area contributed by atoms with E-state index in [9.17, 15) is 9.59 Å². The molecule has 1 unspecified atom stereocenters. The molecule has 0 aliphatic rings. The minimum atomic E-state index is -0.465. The van der Waals surface area contributed by atoms with Crippen LogP contribution in [-0.2, 0) is 9.59 Å². The van der Waals surface area contributed by atoms with Crippen molar-refractivity contribution in [2.24, 2.45) is 0 Å². The lowest BCUT2D eigenvalue weighted by Gasteiger charge is -2.14. The number of aryl methyl sites for hydroxylation is 1. The molecular weight excluding hydrogens is 380 g/mol. The predicted octanol–water partition coefficient (Wildman–Crippen LogP) is 3.03. The van der Waals surface area contributed by atoms with Crippen molar-refractivity contribution in [1.82, 2.24) is 10.9 Å². The Kier molecular flexibility index (Phi) is 8.09. The van der Waals surface area contributed by atoms with Gasteiger partial charge in [-0.25, -0.2) is 0 Å². The van der Waals surface area contributed by atoms with Crippen LogP contribution < -0.4 is 21.5 Å². The van der Waals surface area contributed by atoms with Gasteiger partial charge >= 0.3 is 0 Å². The highest BCUT2D eigenvalue weighted by molar-refractivity contribution is 7.81. The summed E-state index contributed by atoms with van der Waals surface area (Å²) in [6.07, 6.45) is -0.134. The second-order valence-corrected chi connectivity index (χ2v) is 6.97. The SMILES string of the molecule is Cc1ccc(NC(=S)NNC(=O)CC(=O)CC(S)Nc2ccccc2)cc1. The number of rotatable bonds is 7. The van der Waals surface area contributed by atoms with Crippen LogP contribution in [0.3, 0.4) is 0 Å². The average molecular weight is 403 g/mol. The summed E-state index contributed by atoms with van der Waals surface area (Å²) in [5.74, 6) is -0.691. The summed E-state index contributed by atoms with van der Waals surface area (Å²) < 4.78 is 0. The first-order chi connectivity index (χ1) is 12.9. The van der Waals surface area contributed by atoms with Gasteiger partial charge in [0, 0.05) is 17.8 Å². The number of Topliss-reactive ketones (excluding diaryl/α,β-unsaturated/α-hetero) is 1. The number of nitrogens with one attached hydrogen (secondary N) is 4. The second kappa shape index (κ2) is 10.5. The van der Waals surface area contributed by atoms with Crippen LogP contribution in [0.15, 0.2) is 54.6 Å². The molecule has 0 saturated heterocycles. The van der Waals surface area contributed by atoms with Crippen molar-refractivity contribution in [3.05, 3.63) is 60.2 Å². The maximum Gasteiger partial charge on any atom is 0.245 e. The standard InChI is InChI=1S/C19H22N4O2S2/c1-13-7-9-15(10-8-13)21-19(27)23-22-17(25)11-16(24)12-18(26)20-14-5-3-2-4-6-14/h2-10,18,20,26H,11-12H2,1H3,(H,22,25)(H2,21,23,27). The topological polar surface area (TPSA) is 82.3 Å². The van der Waals surface area contributed by atoms with Crippen molar-refractivity contribution in [3.63, 3.8) is 0 Å². The Labute approximate surface area is 169 Å². The second-order valence-electron chi connectivity index (χ2n) is 5.94. The molecular formula is C19H22N4O2S2. The van der Waals surface area contributed by atoms with Gasteiger partial charge in [-0.1, -0.05) is 35.9 Å². The minimum Gasteiger partial charge on any atom is -0.373 e. The molecule has 142 valence electrons. The quantitative estimate of drug-likeness (QED) is 0.161. The van der Waals surface area contributed by atoms with E-state index in [0.717, 1.165) is 16.9 Å². The van der Waals surface area contributed by atoms with Crippen LogP contribution in [0.4, 0.5) is 11.4 Å². The Bertz CT molecular complexity index is 782. The fourth-order valence-corrected chi connectivity index (χ4v) is 2.74. The van der Waals surface area contributed by atoms with Crippen molar-refractivity contribution in [3.8, 4) is 0 Å². The summed E-state index contributed by atoms with van der Waals surface area (Å²) >= 11 is 9.44. The maximum atomic E-state index is 12.0. The number of hydrogen-bond acceptors (Lipinski definition) is 5. The molecule has 6 nitrogen and oxygen atoms in total. The Morgan fingerprint density at radius 2 is 1.67 bits per heavy atom. The lowest BCUT2D eigenvalue weighted by molar-refractivity contribution is -0.128. The van der Waals surface area contributed by atoms with E-state index >= 15 is 0 Å². The van der Waals surface area contributed by atoms with E-state index < -0.39 is 5.91 Å². The fourth-order valence-electron chi connectivity index (χ4n) is 2.21. The number of carbonyl (C=O) groups is 2. The molecule has 0 bridgehead atoms. The van der Waals surface area contributed by atoms with E-state index in [4.69, 9.17) is 12.2 Å². The van der Waals surface area contributed by atoms with E-state index in [1.165, 1.54) is 0 Å². The highest BCUT2D eigenvalue weighted by Gasteiger charge is 2.14. The van der Waals surface area contributed by atoms with Gasteiger partial charge < -0.3 is 10.6 Å². The van der Waals surface area contributed by atoms with Gasteiger partial charge in [0.05, 0.1) is 11.8 Å². The molecule has 0 spiro atoms. The minimum absolute atomic E-state index is 0.123. The number of amides is 1.